The highest BCUT2D eigenvalue weighted by atomic mass is 35.5. The van der Waals surface area contributed by atoms with Gasteiger partial charge in [-0.25, -0.2) is 4.39 Å². The number of hydrogen-bond acceptors (Lipinski definition) is 5. The Morgan fingerprint density at radius 3 is 2.68 bits per heavy atom. The van der Waals surface area contributed by atoms with Crippen molar-refractivity contribution in [1.29, 1.82) is 0 Å². The summed E-state index contributed by atoms with van der Waals surface area (Å²) in [5, 5.41) is 2.88. The van der Waals surface area contributed by atoms with E-state index in [1.165, 1.54) is 6.07 Å². The molecule has 0 amide bonds. The molecular formula is C12H13ClFN5. The molecule has 1 N–H and O–H groups in total. The van der Waals surface area contributed by atoms with Crippen LogP contribution >= 0.6 is 11.6 Å². The number of anilines is 2. The number of benzene rings is 1. The highest BCUT2D eigenvalue weighted by Gasteiger charge is 2.11. The van der Waals surface area contributed by atoms with Crippen LogP contribution in [-0.2, 0) is 6.54 Å². The molecule has 0 fully saturated rings. The molecule has 0 atom stereocenters. The van der Waals surface area contributed by atoms with Gasteiger partial charge in [-0.05, 0) is 17.7 Å². The van der Waals surface area contributed by atoms with E-state index in [0.717, 1.165) is 0 Å². The van der Waals surface area contributed by atoms with Crippen molar-refractivity contribution in [1.82, 2.24) is 15.0 Å². The third-order valence-electron chi connectivity index (χ3n) is 2.53. The van der Waals surface area contributed by atoms with E-state index in [1.807, 2.05) is 0 Å². The Morgan fingerprint density at radius 2 is 2.00 bits per heavy atom. The third kappa shape index (κ3) is 3.29. The summed E-state index contributed by atoms with van der Waals surface area (Å²) < 4.78 is 13.6. The molecular weight excluding hydrogens is 269 g/mol. The molecule has 0 aliphatic rings. The molecule has 0 spiro atoms. The lowest BCUT2D eigenvalue weighted by Crippen LogP contribution is -2.20. The SMILES string of the molecule is CNc1nc(Cl)nc(N(C)Cc2ccccc2F)n1. The topological polar surface area (TPSA) is 53.9 Å². The predicted octanol–water partition coefficient (Wildman–Crippen LogP) is 2.34. The Labute approximate surface area is 115 Å². The lowest BCUT2D eigenvalue weighted by Gasteiger charge is -2.17. The molecule has 5 nitrogen and oxygen atoms in total. The highest BCUT2D eigenvalue weighted by Crippen LogP contribution is 2.16. The Morgan fingerprint density at radius 1 is 1.26 bits per heavy atom. The normalized spacial score (nSPS) is 10.3. The first-order chi connectivity index (χ1) is 9.10. The van der Waals surface area contributed by atoms with Gasteiger partial charge in [-0.2, -0.15) is 15.0 Å². The Hall–Kier alpha value is -1.95. The van der Waals surface area contributed by atoms with Crippen molar-refractivity contribution in [2.45, 2.75) is 6.54 Å². The maximum absolute atomic E-state index is 13.6. The molecule has 0 saturated carbocycles. The van der Waals surface area contributed by atoms with E-state index < -0.39 is 0 Å². The van der Waals surface area contributed by atoms with Gasteiger partial charge in [-0.3, -0.25) is 0 Å². The molecule has 1 aromatic carbocycles. The van der Waals surface area contributed by atoms with E-state index in [-0.39, 0.29) is 11.1 Å². The van der Waals surface area contributed by atoms with Crippen molar-refractivity contribution in [3.63, 3.8) is 0 Å². The molecule has 0 bridgehead atoms. The van der Waals surface area contributed by atoms with Gasteiger partial charge in [0.05, 0.1) is 0 Å². The standard InChI is InChI=1S/C12H13ClFN5/c1-15-11-16-10(13)17-12(18-11)19(2)7-8-5-3-4-6-9(8)14/h3-6H,7H2,1-2H3,(H,15,16,17,18). The molecule has 0 unspecified atom stereocenters. The summed E-state index contributed by atoms with van der Waals surface area (Å²) in [6.07, 6.45) is 0. The monoisotopic (exact) mass is 281 g/mol. The number of nitrogens with zero attached hydrogens (tertiary/aromatic N) is 4. The van der Waals surface area contributed by atoms with E-state index in [4.69, 9.17) is 11.6 Å². The second-order valence-electron chi connectivity index (χ2n) is 3.93. The van der Waals surface area contributed by atoms with E-state index in [9.17, 15) is 4.39 Å². The van der Waals surface area contributed by atoms with Gasteiger partial charge in [0, 0.05) is 26.2 Å². The molecule has 1 aromatic heterocycles. The molecule has 1 heterocycles. The molecule has 100 valence electrons. The first-order valence-electron chi connectivity index (χ1n) is 5.64. The van der Waals surface area contributed by atoms with E-state index >= 15 is 0 Å². The molecule has 7 heteroatoms. The van der Waals surface area contributed by atoms with E-state index in [1.54, 1.807) is 37.2 Å². The number of hydrogen-bond donors (Lipinski definition) is 1. The van der Waals surface area contributed by atoms with Crippen LogP contribution in [0.25, 0.3) is 0 Å². The molecule has 2 aromatic rings. The van der Waals surface area contributed by atoms with E-state index in [0.29, 0.717) is 24.0 Å². The summed E-state index contributed by atoms with van der Waals surface area (Å²) >= 11 is 5.80. The molecule has 19 heavy (non-hydrogen) atoms. The van der Waals surface area contributed by atoms with Gasteiger partial charge < -0.3 is 10.2 Å². The lowest BCUT2D eigenvalue weighted by molar-refractivity contribution is 0.607. The molecule has 0 aliphatic heterocycles. The van der Waals surface area contributed by atoms with Crippen LogP contribution < -0.4 is 10.2 Å². The van der Waals surface area contributed by atoms with Crippen molar-refractivity contribution in [3.8, 4) is 0 Å². The average molecular weight is 282 g/mol. The summed E-state index contributed by atoms with van der Waals surface area (Å²) in [4.78, 5) is 13.8. The van der Waals surface area contributed by atoms with Crippen LogP contribution in [0.2, 0.25) is 5.28 Å². The van der Waals surface area contributed by atoms with Gasteiger partial charge in [-0.15, -0.1) is 0 Å². The van der Waals surface area contributed by atoms with Crippen molar-refractivity contribution in [3.05, 3.63) is 40.9 Å². The fourth-order valence-electron chi connectivity index (χ4n) is 1.57. The van der Waals surface area contributed by atoms with Gasteiger partial charge in [0.2, 0.25) is 17.2 Å². The maximum Gasteiger partial charge on any atom is 0.231 e. The van der Waals surface area contributed by atoms with Crippen LogP contribution in [0.1, 0.15) is 5.56 Å². The summed E-state index contributed by atoms with van der Waals surface area (Å²) in [6.45, 7) is 0.343. The lowest BCUT2D eigenvalue weighted by atomic mass is 10.2. The second kappa shape index (κ2) is 5.79. The zero-order chi connectivity index (χ0) is 13.8. The largest absolute Gasteiger partial charge is 0.357 e. The summed E-state index contributed by atoms with van der Waals surface area (Å²) in [6, 6.07) is 6.57. The van der Waals surface area contributed by atoms with Crippen molar-refractivity contribution >= 4 is 23.5 Å². The zero-order valence-electron chi connectivity index (χ0n) is 10.6. The van der Waals surface area contributed by atoms with Crippen LogP contribution in [-0.4, -0.2) is 29.0 Å². The van der Waals surface area contributed by atoms with Gasteiger partial charge in [-0.1, -0.05) is 18.2 Å². The number of halogens is 2. The summed E-state index contributed by atoms with van der Waals surface area (Å²) in [5.74, 6) is 0.492. The number of aromatic nitrogens is 3. The minimum atomic E-state index is -0.261. The van der Waals surface area contributed by atoms with Crippen LogP contribution in [0, 0.1) is 5.82 Å². The third-order valence-corrected chi connectivity index (χ3v) is 2.70. The van der Waals surface area contributed by atoms with Gasteiger partial charge >= 0.3 is 0 Å². The molecule has 0 radical (unpaired) electrons. The fraction of sp³-hybridized carbons (Fsp3) is 0.250. The van der Waals surface area contributed by atoms with E-state index in [2.05, 4.69) is 20.3 Å². The minimum Gasteiger partial charge on any atom is -0.357 e. The quantitative estimate of drug-likeness (QED) is 0.932. The Balaban J connectivity index is 2.22. The minimum absolute atomic E-state index is 0.0923. The van der Waals surface area contributed by atoms with Gasteiger partial charge in [0.25, 0.3) is 0 Å². The van der Waals surface area contributed by atoms with Crippen LogP contribution in [0.4, 0.5) is 16.3 Å². The van der Waals surface area contributed by atoms with Gasteiger partial charge in [0.1, 0.15) is 5.82 Å². The molecule has 2 rings (SSSR count). The number of nitrogens with one attached hydrogen (secondary N) is 1. The van der Waals surface area contributed by atoms with Gasteiger partial charge in [0.15, 0.2) is 0 Å². The first kappa shape index (κ1) is 13.5. The Kier molecular flexibility index (Phi) is 4.11. The van der Waals surface area contributed by atoms with Crippen molar-refractivity contribution < 1.29 is 4.39 Å². The predicted molar refractivity (Wildman–Crippen MR) is 72.9 cm³/mol. The zero-order valence-corrected chi connectivity index (χ0v) is 11.3. The molecule has 0 aliphatic carbocycles. The Bertz CT molecular complexity index is 578. The van der Waals surface area contributed by atoms with Crippen LogP contribution in [0.5, 0.6) is 0 Å². The van der Waals surface area contributed by atoms with Crippen molar-refractivity contribution in [2.75, 3.05) is 24.3 Å². The summed E-state index contributed by atoms with van der Waals surface area (Å²) in [7, 11) is 3.45. The average Bonchev–Trinajstić information content (AvgIpc) is 2.40. The highest BCUT2D eigenvalue weighted by molar-refractivity contribution is 6.28. The fourth-order valence-corrected chi connectivity index (χ4v) is 1.73. The van der Waals surface area contributed by atoms with Crippen LogP contribution in [0.3, 0.4) is 0 Å². The van der Waals surface area contributed by atoms with Crippen LogP contribution in [0.15, 0.2) is 24.3 Å². The number of rotatable bonds is 4. The summed E-state index contributed by atoms with van der Waals surface area (Å²) in [5.41, 5.74) is 0.563. The smallest absolute Gasteiger partial charge is 0.231 e. The first-order valence-corrected chi connectivity index (χ1v) is 6.02. The molecule has 0 saturated heterocycles. The second-order valence-corrected chi connectivity index (χ2v) is 4.26. The maximum atomic E-state index is 13.6. The van der Waals surface area contributed by atoms with Crippen molar-refractivity contribution in [2.24, 2.45) is 0 Å².